The lowest BCUT2D eigenvalue weighted by Gasteiger charge is -2.03. The van der Waals surface area contributed by atoms with E-state index in [0.29, 0.717) is 0 Å². The van der Waals surface area contributed by atoms with E-state index in [1.807, 2.05) is 0 Å². The maximum absolute atomic E-state index is 13.1. The zero-order valence-corrected chi connectivity index (χ0v) is 7.76. The first kappa shape index (κ1) is 10.2. The molecule has 0 amide bonds. The summed E-state index contributed by atoms with van der Waals surface area (Å²) in [7, 11) is 0. The second-order valence-electron chi connectivity index (χ2n) is 2.27. The third kappa shape index (κ3) is 1.74. The molecule has 0 saturated carbocycles. The van der Waals surface area contributed by atoms with Crippen LogP contribution >= 0.6 is 23.2 Å². The number of benzene rings is 1. The predicted octanol–water partition coefficient (Wildman–Crippen LogP) is 3.23. The number of hydrogen-bond donors (Lipinski definition) is 0. The van der Waals surface area contributed by atoms with E-state index < -0.39 is 22.2 Å². The lowest BCUT2D eigenvalue weighted by atomic mass is 10.1. The van der Waals surface area contributed by atoms with Crippen LogP contribution in [0.3, 0.4) is 0 Å². The van der Waals surface area contributed by atoms with Gasteiger partial charge in [0.2, 0.25) is 0 Å². The number of halogens is 4. The van der Waals surface area contributed by atoms with Crippen LogP contribution in [-0.4, -0.2) is 0 Å². The normalized spacial score (nSPS) is 9.77. The highest BCUT2D eigenvalue weighted by Crippen LogP contribution is 2.26. The molecule has 0 bridgehead atoms. The molecule has 68 valence electrons. The summed E-state index contributed by atoms with van der Waals surface area (Å²) in [5.41, 5.74) is -0.545. The van der Waals surface area contributed by atoms with Crippen LogP contribution in [0.25, 0.3) is 0 Å². The molecule has 0 heterocycles. The van der Waals surface area contributed by atoms with Crippen LogP contribution in [0.1, 0.15) is 11.1 Å². The maximum atomic E-state index is 13.1. The van der Waals surface area contributed by atoms with E-state index in [1.165, 1.54) is 6.07 Å². The van der Waals surface area contributed by atoms with Gasteiger partial charge in [0.15, 0.2) is 0 Å². The van der Waals surface area contributed by atoms with E-state index >= 15 is 0 Å². The van der Waals surface area contributed by atoms with Gasteiger partial charge in [-0.1, -0.05) is 11.6 Å². The van der Waals surface area contributed by atoms with Crippen LogP contribution in [0.15, 0.2) is 6.07 Å². The van der Waals surface area contributed by atoms with Crippen molar-refractivity contribution in [2.45, 2.75) is 5.88 Å². The second kappa shape index (κ2) is 3.91. The number of nitrogens with zero attached hydrogens (tertiary/aromatic N) is 1. The molecule has 5 heteroatoms. The molecule has 1 nitrogen and oxygen atoms in total. The first-order chi connectivity index (χ1) is 6.11. The smallest absolute Gasteiger partial charge is 0.147 e. The van der Waals surface area contributed by atoms with E-state index in [9.17, 15) is 8.78 Å². The van der Waals surface area contributed by atoms with Gasteiger partial charge in [0.1, 0.15) is 23.3 Å². The maximum Gasteiger partial charge on any atom is 0.147 e. The lowest BCUT2D eigenvalue weighted by molar-refractivity contribution is 0.588. The summed E-state index contributed by atoms with van der Waals surface area (Å²) in [6.07, 6.45) is 0. The van der Waals surface area contributed by atoms with Crippen LogP contribution in [-0.2, 0) is 5.88 Å². The minimum absolute atomic E-state index is 0.0526. The van der Waals surface area contributed by atoms with Crippen LogP contribution in [0.5, 0.6) is 0 Å². The van der Waals surface area contributed by atoms with Gasteiger partial charge >= 0.3 is 0 Å². The average Bonchev–Trinajstić information content (AvgIpc) is 2.12. The summed E-state index contributed by atoms with van der Waals surface area (Å²) in [4.78, 5) is 0. The number of hydrogen-bond acceptors (Lipinski definition) is 1. The molecule has 1 aromatic rings. The minimum atomic E-state index is -0.857. The molecule has 0 aliphatic carbocycles. The zero-order chi connectivity index (χ0) is 10.0. The van der Waals surface area contributed by atoms with Crippen molar-refractivity contribution in [1.29, 1.82) is 5.26 Å². The molecule has 0 saturated heterocycles. The Morgan fingerprint density at radius 2 is 2.08 bits per heavy atom. The van der Waals surface area contributed by atoms with Crippen LogP contribution < -0.4 is 0 Å². The third-order valence-corrected chi connectivity index (χ3v) is 2.13. The van der Waals surface area contributed by atoms with E-state index in [0.717, 1.165) is 6.07 Å². The van der Waals surface area contributed by atoms with Gasteiger partial charge in [0.25, 0.3) is 0 Å². The molecule has 1 rings (SSSR count). The van der Waals surface area contributed by atoms with E-state index in [-0.39, 0.29) is 11.4 Å². The SMILES string of the molecule is N#Cc1c(F)cc(CCl)c(F)c1Cl. The van der Waals surface area contributed by atoms with Crippen LogP contribution in [0, 0.1) is 23.0 Å². The topological polar surface area (TPSA) is 23.8 Å². The molecular weight excluding hydrogens is 219 g/mol. The van der Waals surface area contributed by atoms with Crippen molar-refractivity contribution >= 4 is 23.2 Å². The number of nitriles is 1. The van der Waals surface area contributed by atoms with Crippen molar-refractivity contribution in [2.24, 2.45) is 0 Å². The first-order valence-electron chi connectivity index (χ1n) is 3.24. The molecule has 13 heavy (non-hydrogen) atoms. The highest BCUT2D eigenvalue weighted by atomic mass is 35.5. The van der Waals surface area contributed by atoms with Crippen molar-refractivity contribution in [3.63, 3.8) is 0 Å². The Labute approximate surface area is 83.5 Å². The summed E-state index contributed by atoms with van der Waals surface area (Å²) in [6, 6.07) is 2.33. The standard InChI is InChI=1S/C8H3Cl2F2N/c9-2-4-1-6(11)5(3-13)7(10)8(4)12/h1H,2H2. The number of rotatable bonds is 1. The lowest BCUT2D eigenvalue weighted by Crippen LogP contribution is -1.95. The largest absolute Gasteiger partial charge is 0.205 e. The molecular formula is C8H3Cl2F2N. The Kier molecular flexibility index (Phi) is 3.07. The molecule has 0 radical (unpaired) electrons. The van der Waals surface area contributed by atoms with Gasteiger partial charge in [-0.3, -0.25) is 0 Å². The Bertz CT molecular complexity index is 384. The molecule has 1 aromatic carbocycles. The van der Waals surface area contributed by atoms with Gasteiger partial charge in [-0.2, -0.15) is 5.26 Å². The fraction of sp³-hybridized carbons (Fsp3) is 0.125. The Hall–Kier alpha value is -0.850. The summed E-state index contributed by atoms with van der Waals surface area (Å²) in [5.74, 6) is -1.88. The van der Waals surface area contributed by atoms with Gasteiger partial charge in [0.05, 0.1) is 10.9 Å². The van der Waals surface area contributed by atoms with Crippen molar-refractivity contribution in [1.82, 2.24) is 0 Å². The Morgan fingerprint density at radius 1 is 1.46 bits per heavy atom. The fourth-order valence-electron chi connectivity index (χ4n) is 0.844. The van der Waals surface area contributed by atoms with Gasteiger partial charge in [-0.05, 0) is 6.07 Å². The predicted molar refractivity (Wildman–Crippen MR) is 45.6 cm³/mol. The molecule has 0 atom stereocenters. The van der Waals surface area contributed by atoms with E-state index in [1.54, 1.807) is 0 Å². The van der Waals surface area contributed by atoms with Crippen molar-refractivity contribution in [3.05, 3.63) is 33.9 Å². The van der Waals surface area contributed by atoms with Gasteiger partial charge in [-0.25, -0.2) is 8.78 Å². The quantitative estimate of drug-likeness (QED) is 0.528. The first-order valence-corrected chi connectivity index (χ1v) is 4.15. The average molecular weight is 222 g/mol. The van der Waals surface area contributed by atoms with Gasteiger partial charge in [0, 0.05) is 5.56 Å². The Morgan fingerprint density at radius 3 is 2.54 bits per heavy atom. The summed E-state index contributed by atoms with van der Waals surface area (Å²) >= 11 is 10.7. The van der Waals surface area contributed by atoms with Gasteiger partial charge in [-0.15, -0.1) is 11.6 Å². The molecule has 0 fully saturated rings. The molecule has 0 aliphatic rings. The number of alkyl halides is 1. The summed E-state index contributed by atoms with van der Waals surface area (Å²) < 4.78 is 26.0. The van der Waals surface area contributed by atoms with Crippen molar-refractivity contribution in [3.8, 4) is 6.07 Å². The van der Waals surface area contributed by atoms with Crippen LogP contribution in [0.2, 0.25) is 5.02 Å². The fourth-order valence-corrected chi connectivity index (χ4v) is 1.29. The van der Waals surface area contributed by atoms with Gasteiger partial charge < -0.3 is 0 Å². The molecule has 0 spiro atoms. The second-order valence-corrected chi connectivity index (χ2v) is 2.91. The molecule has 0 N–H and O–H groups in total. The van der Waals surface area contributed by atoms with Crippen LogP contribution in [0.4, 0.5) is 8.78 Å². The summed E-state index contributed by atoms with van der Waals surface area (Å²) in [6.45, 7) is 0. The third-order valence-electron chi connectivity index (χ3n) is 1.49. The van der Waals surface area contributed by atoms with E-state index in [4.69, 9.17) is 28.5 Å². The highest BCUT2D eigenvalue weighted by molar-refractivity contribution is 6.32. The molecule has 0 aromatic heterocycles. The minimum Gasteiger partial charge on any atom is -0.205 e. The highest BCUT2D eigenvalue weighted by Gasteiger charge is 2.15. The molecule has 0 aliphatic heterocycles. The Balaban J connectivity index is 3.48. The zero-order valence-electron chi connectivity index (χ0n) is 6.24. The van der Waals surface area contributed by atoms with Crippen molar-refractivity contribution < 1.29 is 8.78 Å². The monoisotopic (exact) mass is 221 g/mol. The van der Waals surface area contributed by atoms with E-state index in [2.05, 4.69) is 0 Å². The summed E-state index contributed by atoms with van der Waals surface area (Å²) in [5, 5.41) is 7.90. The van der Waals surface area contributed by atoms with Crippen molar-refractivity contribution in [2.75, 3.05) is 0 Å². The molecule has 0 unspecified atom stereocenters.